The minimum Gasteiger partial charge on any atom is -0.497 e. The lowest BCUT2D eigenvalue weighted by Crippen LogP contribution is -2.30. The van der Waals surface area contributed by atoms with Crippen molar-refractivity contribution in [3.63, 3.8) is 0 Å². The Bertz CT molecular complexity index is 938. The maximum Gasteiger partial charge on any atom is 0.298 e. The fourth-order valence-corrected chi connectivity index (χ4v) is 3.37. The van der Waals surface area contributed by atoms with E-state index < -0.39 is 0 Å². The van der Waals surface area contributed by atoms with Crippen molar-refractivity contribution in [2.75, 3.05) is 20.2 Å². The number of aromatic nitrogens is 2. The Morgan fingerprint density at radius 1 is 1.07 bits per heavy atom. The van der Waals surface area contributed by atoms with Crippen LogP contribution in [0.15, 0.2) is 48.5 Å². The van der Waals surface area contributed by atoms with Gasteiger partial charge in [-0.15, -0.1) is 0 Å². The fourth-order valence-electron chi connectivity index (χ4n) is 2.80. The van der Waals surface area contributed by atoms with Gasteiger partial charge in [0, 0.05) is 36.6 Å². The van der Waals surface area contributed by atoms with E-state index in [-0.39, 0.29) is 5.91 Å². The van der Waals surface area contributed by atoms with Crippen LogP contribution >= 0.6 is 11.5 Å². The van der Waals surface area contributed by atoms with Crippen molar-refractivity contribution in [3.05, 3.63) is 65.5 Å². The van der Waals surface area contributed by atoms with Gasteiger partial charge in [-0.1, -0.05) is 18.2 Å². The predicted molar refractivity (Wildman–Crippen MR) is 109 cm³/mol. The van der Waals surface area contributed by atoms with Crippen molar-refractivity contribution in [2.24, 2.45) is 0 Å². The Morgan fingerprint density at radius 3 is 2.57 bits per heavy atom. The average Bonchev–Trinajstić information content (AvgIpc) is 3.15. The third kappa shape index (κ3) is 4.86. The molecule has 0 saturated heterocycles. The molecule has 0 aliphatic heterocycles. The van der Waals surface area contributed by atoms with E-state index in [1.807, 2.05) is 50.2 Å². The number of ether oxygens (including phenoxy) is 2. The molecule has 0 atom stereocenters. The Kier molecular flexibility index (Phi) is 6.60. The molecule has 3 aromatic rings. The van der Waals surface area contributed by atoms with Crippen LogP contribution in [0.5, 0.6) is 16.7 Å². The summed E-state index contributed by atoms with van der Waals surface area (Å²) >= 11 is 1.19. The van der Waals surface area contributed by atoms with Crippen LogP contribution in [0.1, 0.15) is 35.6 Å². The summed E-state index contributed by atoms with van der Waals surface area (Å²) in [5.74, 6) is 2.05. The molecule has 1 aromatic heterocycles. The molecular formula is C21H23N3O3S. The lowest BCUT2D eigenvalue weighted by molar-refractivity contribution is 0.0772. The maximum atomic E-state index is 12.5. The molecule has 0 bridgehead atoms. The van der Waals surface area contributed by atoms with Crippen LogP contribution in [0.25, 0.3) is 0 Å². The van der Waals surface area contributed by atoms with Crippen LogP contribution in [0.4, 0.5) is 0 Å². The molecule has 0 unspecified atom stereocenters. The standard InChI is InChI=1S/C21H23N3O3S/c1-4-24(5-2)20(25)16-9-7-11-18(14-16)27-21-22-19(23-28-21)13-15-8-6-10-17(12-15)26-3/h6-12,14H,4-5,13H2,1-3H3. The summed E-state index contributed by atoms with van der Waals surface area (Å²) in [5, 5.41) is 0.449. The smallest absolute Gasteiger partial charge is 0.298 e. The van der Waals surface area contributed by atoms with Gasteiger partial charge in [-0.05, 0) is 49.7 Å². The van der Waals surface area contributed by atoms with E-state index in [2.05, 4.69) is 9.36 Å². The second kappa shape index (κ2) is 9.32. The lowest BCUT2D eigenvalue weighted by Gasteiger charge is -2.18. The predicted octanol–water partition coefficient (Wildman–Crippen LogP) is 4.41. The lowest BCUT2D eigenvalue weighted by atomic mass is 10.1. The van der Waals surface area contributed by atoms with E-state index in [0.717, 1.165) is 11.3 Å². The molecule has 146 valence electrons. The highest BCUT2D eigenvalue weighted by atomic mass is 32.1. The van der Waals surface area contributed by atoms with E-state index in [4.69, 9.17) is 9.47 Å². The van der Waals surface area contributed by atoms with Gasteiger partial charge in [-0.25, -0.2) is 0 Å². The van der Waals surface area contributed by atoms with Crippen molar-refractivity contribution in [1.82, 2.24) is 14.3 Å². The van der Waals surface area contributed by atoms with E-state index in [0.29, 0.717) is 41.8 Å². The summed E-state index contributed by atoms with van der Waals surface area (Å²) in [5.41, 5.74) is 1.66. The molecule has 7 heteroatoms. The molecule has 1 amide bonds. The maximum absolute atomic E-state index is 12.5. The van der Waals surface area contributed by atoms with Crippen LogP contribution in [0.3, 0.4) is 0 Å². The van der Waals surface area contributed by atoms with E-state index in [1.165, 1.54) is 11.5 Å². The largest absolute Gasteiger partial charge is 0.497 e. The first-order valence-electron chi connectivity index (χ1n) is 9.15. The highest BCUT2D eigenvalue weighted by Gasteiger charge is 2.14. The summed E-state index contributed by atoms with van der Waals surface area (Å²) < 4.78 is 15.4. The van der Waals surface area contributed by atoms with Crippen LogP contribution in [0.2, 0.25) is 0 Å². The first-order valence-corrected chi connectivity index (χ1v) is 9.93. The van der Waals surface area contributed by atoms with Gasteiger partial charge in [0.1, 0.15) is 11.5 Å². The topological polar surface area (TPSA) is 64.6 Å². The average molecular weight is 398 g/mol. The van der Waals surface area contributed by atoms with Gasteiger partial charge in [0.25, 0.3) is 11.1 Å². The van der Waals surface area contributed by atoms with Crippen molar-refractivity contribution in [3.8, 4) is 16.7 Å². The molecule has 0 N–H and O–H groups in total. The number of methoxy groups -OCH3 is 1. The number of amides is 1. The molecule has 0 fully saturated rings. The number of hydrogen-bond donors (Lipinski definition) is 0. The van der Waals surface area contributed by atoms with Gasteiger partial charge in [0.05, 0.1) is 7.11 Å². The zero-order valence-corrected chi connectivity index (χ0v) is 17.0. The summed E-state index contributed by atoms with van der Waals surface area (Å²) in [6, 6.07) is 15.0. The number of hydrogen-bond acceptors (Lipinski definition) is 6. The SMILES string of the molecule is CCN(CC)C(=O)c1cccc(Oc2nc(Cc3cccc(OC)c3)ns2)c1. The van der Waals surface area contributed by atoms with Gasteiger partial charge in [-0.2, -0.15) is 9.36 Å². The van der Waals surface area contributed by atoms with E-state index >= 15 is 0 Å². The first-order chi connectivity index (χ1) is 13.6. The van der Waals surface area contributed by atoms with Crippen LogP contribution < -0.4 is 9.47 Å². The van der Waals surface area contributed by atoms with Gasteiger partial charge in [-0.3, -0.25) is 4.79 Å². The van der Waals surface area contributed by atoms with Gasteiger partial charge < -0.3 is 14.4 Å². The van der Waals surface area contributed by atoms with Gasteiger partial charge >= 0.3 is 0 Å². The highest BCUT2D eigenvalue weighted by molar-refractivity contribution is 7.07. The van der Waals surface area contributed by atoms with Gasteiger partial charge in [0.2, 0.25) is 0 Å². The molecule has 0 saturated carbocycles. The Balaban J connectivity index is 1.69. The third-order valence-electron chi connectivity index (χ3n) is 4.28. The second-order valence-electron chi connectivity index (χ2n) is 6.11. The van der Waals surface area contributed by atoms with Crippen molar-refractivity contribution in [1.29, 1.82) is 0 Å². The minimum absolute atomic E-state index is 0.00794. The molecule has 1 heterocycles. The molecule has 3 rings (SSSR count). The number of rotatable bonds is 8. The fraction of sp³-hybridized carbons (Fsp3) is 0.286. The van der Waals surface area contributed by atoms with Crippen molar-refractivity contribution >= 4 is 17.4 Å². The molecule has 0 radical (unpaired) electrons. The van der Waals surface area contributed by atoms with Crippen LogP contribution in [-0.4, -0.2) is 40.4 Å². The summed E-state index contributed by atoms with van der Waals surface area (Å²) in [7, 11) is 1.64. The highest BCUT2D eigenvalue weighted by Crippen LogP contribution is 2.25. The zero-order chi connectivity index (χ0) is 19.9. The Labute approximate surface area is 168 Å². The Morgan fingerprint density at radius 2 is 1.82 bits per heavy atom. The molecule has 0 spiro atoms. The zero-order valence-electron chi connectivity index (χ0n) is 16.2. The summed E-state index contributed by atoms with van der Waals surface area (Å²) in [4.78, 5) is 18.7. The first kappa shape index (κ1) is 19.8. The molecule has 28 heavy (non-hydrogen) atoms. The van der Waals surface area contributed by atoms with Crippen molar-refractivity contribution < 1.29 is 14.3 Å². The number of benzene rings is 2. The Hall–Kier alpha value is -2.93. The van der Waals surface area contributed by atoms with Crippen LogP contribution in [0, 0.1) is 0 Å². The quantitative estimate of drug-likeness (QED) is 0.563. The van der Waals surface area contributed by atoms with E-state index in [9.17, 15) is 4.79 Å². The summed E-state index contributed by atoms with van der Waals surface area (Å²) in [6.45, 7) is 5.27. The number of nitrogens with zero attached hydrogens (tertiary/aromatic N) is 3. The molecule has 0 aliphatic rings. The van der Waals surface area contributed by atoms with Crippen LogP contribution in [-0.2, 0) is 6.42 Å². The summed E-state index contributed by atoms with van der Waals surface area (Å²) in [6.07, 6.45) is 0.595. The molecule has 2 aromatic carbocycles. The monoisotopic (exact) mass is 397 g/mol. The number of carbonyl (C=O) groups excluding carboxylic acids is 1. The van der Waals surface area contributed by atoms with Crippen molar-refractivity contribution in [2.45, 2.75) is 20.3 Å². The molecule has 6 nitrogen and oxygen atoms in total. The second-order valence-corrected chi connectivity index (χ2v) is 6.83. The minimum atomic E-state index is -0.00794. The molecule has 0 aliphatic carbocycles. The van der Waals surface area contributed by atoms with Gasteiger partial charge in [0.15, 0.2) is 5.82 Å². The molecular weight excluding hydrogens is 374 g/mol. The number of carbonyl (C=O) groups is 1. The third-order valence-corrected chi connectivity index (χ3v) is 4.92. The normalized spacial score (nSPS) is 10.5. The van der Waals surface area contributed by atoms with E-state index in [1.54, 1.807) is 24.1 Å².